The predicted molar refractivity (Wildman–Crippen MR) is 75.6 cm³/mol. The second-order valence-corrected chi connectivity index (χ2v) is 5.70. The molecule has 106 valence electrons. The number of anilines is 2. The Bertz CT molecular complexity index is 687. The van der Waals surface area contributed by atoms with Crippen LogP contribution in [0.15, 0.2) is 47.5 Å². The molecule has 0 fully saturated rings. The molecular weight excluding hydrogens is 281 g/mol. The highest BCUT2D eigenvalue weighted by Crippen LogP contribution is 2.17. The van der Waals surface area contributed by atoms with Crippen LogP contribution in [0.4, 0.5) is 15.9 Å². The minimum atomic E-state index is -3.72. The van der Waals surface area contributed by atoms with Gasteiger partial charge in [0.15, 0.2) is 0 Å². The molecule has 2 rings (SSSR count). The van der Waals surface area contributed by atoms with Crippen molar-refractivity contribution in [2.24, 2.45) is 0 Å². The number of pyridine rings is 1. The second kappa shape index (κ2) is 5.87. The zero-order valence-electron chi connectivity index (χ0n) is 10.8. The Morgan fingerprint density at radius 2 is 1.90 bits per heavy atom. The van der Waals surface area contributed by atoms with Crippen LogP contribution in [0.3, 0.4) is 0 Å². The maximum atomic E-state index is 12.8. The Kier molecular flexibility index (Phi) is 4.19. The molecule has 0 aliphatic carbocycles. The molecule has 0 saturated heterocycles. The summed E-state index contributed by atoms with van der Waals surface area (Å²) < 4.78 is 39.5. The van der Waals surface area contributed by atoms with Gasteiger partial charge in [-0.15, -0.1) is 0 Å². The Labute approximate surface area is 116 Å². The monoisotopic (exact) mass is 295 g/mol. The molecule has 20 heavy (non-hydrogen) atoms. The van der Waals surface area contributed by atoms with E-state index in [-0.39, 0.29) is 4.90 Å². The number of nitrogens with zero attached hydrogens (tertiary/aromatic N) is 1. The van der Waals surface area contributed by atoms with Crippen molar-refractivity contribution in [1.82, 2.24) is 4.98 Å². The number of benzene rings is 1. The lowest BCUT2D eigenvalue weighted by atomic mass is 10.3. The van der Waals surface area contributed by atoms with Crippen molar-refractivity contribution < 1.29 is 12.8 Å². The van der Waals surface area contributed by atoms with Crippen molar-refractivity contribution in [2.75, 3.05) is 16.6 Å². The molecule has 2 aromatic rings. The summed E-state index contributed by atoms with van der Waals surface area (Å²) in [4.78, 5) is 4.10. The van der Waals surface area contributed by atoms with Gasteiger partial charge in [0.2, 0.25) is 0 Å². The Morgan fingerprint density at radius 3 is 2.55 bits per heavy atom. The number of sulfonamides is 1. The minimum absolute atomic E-state index is 0.0905. The highest BCUT2D eigenvalue weighted by molar-refractivity contribution is 7.92. The average Bonchev–Trinajstić information content (AvgIpc) is 2.42. The molecule has 1 heterocycles. The van der Waals surface area contributed by atoms with Gasteiger partial charge >= 0.3 is 0 Å². The molecule has 0 bridgehead atoms. The molecule has 0 unspecified atom stereocenters. The third-order valence-electron chi connectivity index (χ3n) is 2.50. The quantitative estimate of drug-likeness (QED) is 0.889. The zero-order chi connectivity index (χ0) is 14.6. The number of nitrogens with one attached hydrogen (secondary N) is 2. The predicted octanol–water partition coefficient (Wildman–Crippen LogP) is 2.45. The molecule has 5 nitrogen and oxygen atoms in total. The fourth-order valence-corrected chi connectivity index (χ4v) is 2.66. The van der Waals surface area contributed by atoms with E-state index in [0.717, 1.165) is 0 Å². The van der Waals surface area contributed by atoms with Crippen LogP contribution in [0.5, 0.6) is 0 Å². The molecular formula is C13H14FN3O2S. The summed E-state index contributed by atoms with van der Waals surface area (Å²) in [5, 5.41) is 2.94. The van der Waals surface area contributed by atoms with E-state index in [1.165, 1.54) is 42.6 Å². The first-order chi connectivity index (χ1) is 9.51. The summed E-state index contributed by atoms with van der Waals surface area (Å²) in [5.41, 5.74) is 0.299. The molecule has 2 N–H and O–H groups in total. The van der Waals surface area contributed by atoms with Crippen molar-refractivity contribution >= 4 is 21.5 Å². The fourth-order valence-electron chi connectivity index (χ4n) is 1.59. The van der Waals surface area contributed by atoms with Crippen molar-refractivity contribution in [3.63, 3.8) is 0 Å². The Balaban J connectivity index is 2.25. The third-order valence-corrected chi connectivity index (χ3v) is 3.88. The van der Waals surface area contributed by atoms with Crippen LogP contribution < -0.4 is 10.0 Å². The van der Waals surface area contributed by atoms with Crippen molar-refractivity contribution in [3.05, 3.63) is 48.4 Å². The maximum Gasteiger partial charge on any atom is 0.262 e. The molecule has 7 heteroatoms. The molecule has 0 atom stereocenters. The van der Waals surface area contributed by atoms with Crippen molar-refractivity contribution in [3.8, 4) is 0 Å². The molecule has 0 saturated carbocycles. The standard InChI is InChI=1S/C13H14FN3O2S/c1-2-15-13-9-12(7-8-16-13)20(18,19)17-11-5-3-10(14)4-6-11/h3-9,17H,2H2,1H3,(H,15,16). The van der Waals surface area contributed by atoms with E-state index in [9.17, 15) is 12.8 Å². The summed E-state index contributed by atoms with van der Waals surface area (Å²) in [7, 11) is -3.72. The third kappa shape index (κ3) is 3.45. The van der Waals surface area contributed by atoms with E-state index in [1.807, 2.05) is 6.92 Å². The molecule has 0 aliphatic rings. The van der Waals surface area contributed by atoms with E-state index in [0.29, 0.717) is 18.1 Å². The van der Waals surface area contributed by atoms with Crippen LogP contribution >= 0.6 is 0 Å². The fraction of sp³-hybridized carbons (Fsp3) is 0.154. The number of rotatable bonds is 5. The van der Waals surface area contributed by atoms with Crippen LogP contribution in [0.2, 0.25) is 0 Å². The van der Waals surface area contributed by atoms with Crippen LogP contribution in [-0.2, 0) is 10.0 Å². The SMILES string of the molecule is CCNc1cc(S(=O)(=O)Nc2ccc(F)cc2)ccn1. The second-order valence-electron chi connectivity index (χ2n) is 4.02. The van der Waals surface area contributed by atoms with Crippen molar-refractivity contribution in [2.45, 2.75) is 11.8 Å². The first-order valence-corrected chi connectivity index (χ1v) is 7.48. The molecule has 0 amide bonds. The lowest BCUT2D eigenvalue weighted by molar-refractivity contribution is 0.601. The highest BCUT2D eigenvalue weighted by Gasteiger charge is 2.15. The van der Waals surface area contributed by atoms with Crippen molar-refractivity contribution in [1.29, 1.82) is 0 Å². The minimum Gasteiger partial charge on any atom is -0.370 e. The van der Waals surface area contributed by atoms with Crippen LogP contribution in [0.1, 0.15) is 6.92 Å². The van der Waals surface area contributed by atoms with E-state index in [1.54, 1.807) is 0 Å². The average molecular weight is 295 g/mol. The highest BCUT2D eigenvalue weighted by atomic mass is 32.2. The number of hydrogen-bond acceptors (Lipinski definition) is 4. The molecule has 0 radical (unpaired) electrons. The Hall–Kier alpha value is -2.15. The number of hydrogen-bond donors (Lipinski definition) is 2. The normalized spacial score (nSPS) is 11.1. The summed E-state index contributed by atoms with van der Waals surface area (Å²) >= 11 is 0. The van der Waals surface area contributed by atoms with E-state index < -0.39 is 15.8 Å². The van der Waals surface area contributed by atoms with Crippen LogP contribution in [0, 0.1) is 5.82 Å². The van der Waals surface area contributed by atoms with Crippen LogP contribution in [0.25, 0.3) is 0 Å². The zero-order valence-corrected chi connectivity index (χ0v) is 11.6. The number of halogens is 1. The largest absolute Gasteiger partial charge is 0.370 e. The van der Waals surface area contributed by atoms with Crippen LogP contribution in [-0.4, -0.2) is 19.9 Å². The molecule has 0 spiro atoms. The first kappa shape index (κ1) is 14.3. The number of aromatic nitrogens is 1. The van der Waals surface area contributed by atoms with E-state index in [2.05, 4.69) is 15.0 Å². The van der Waals surface area contributed by atoms with Gasteiger partial charge in [-0.05, 0) is 37.3 Å². The maximum absolute atomic E-state index is 12.8. The Morgan fingerprint density at radius 1 is 1.20 bits per heavy atom. The van der Waals surface area contributed by atoms with Gasteiger partial charge in [-0.2, -0.15) is 0 Å². The lowest BCUT2D eigenvalue weighted by Gasteiger charge is -2.09. The van der Waals surface area contributed by atoms with Gasteiger partial charge < -0.3 is 5.32 Å². The van der Waals surface area contributed by atoms with Gasteiger partial charge in [0.05, 0.1) is 4.90 Å². The summed E-state index contributed by atoms with van der Waals surface area (Å²) in [5.74, 6) is 0.0563. The first-order valence-electron chi connectivity index (χ1n) is 5.99. The molecule has 1 aromatic carbocycles. The van der Waals surface area contributed by atoms with Gasteiger partial charge in [-0.25, -0.2) is 17.8 Å². The van der Waals surface area contributed by atoms with Gasteiger partial charge in [-0.3, -0.25) is 4.72 Å². The summed E-state index contributed by atoms with van der Waals surface area (Å²) in [6.07, 6.45) is 1.41. The summed E-state index contributed by atoms with van der Waals surface area (Å²) in [6.45, 7) is 2.53. The summed E-state index contributed by atoms with van der Waals surface area (Å²) in [6, 6.07) is 7.93. The van der Waals surface area contributed by atoms with Gasteiger partial charge in [0.25, 0.3) is 10.0 Å². The van der Waals surface area contributed by atoms with E-state index >= 15 is 0 Å². The lowest BCUT2D eigenvalue weighted by Crippen LogP contribution is -2.13. The molecule has 1 aromatic heterocycles. The smallest absolute Gasteiger partial charge is 0.262 e. The molecule has 0 aliphatic heterocycles. The van der Waals surface area contributed by atoms with Gasteiger partial charge in [0, 0.05) is 24.5 Å². The topological polar surface area (TPSA) is 71.1 Å². The van der Waals surface area contributed by atoms with E-state index in [4.69, 9.17) is 0 Å². The van der Waals surface area contributed by atoms with Gasteiger partial charge in [-0.1, -0.05) is 0 Å². The van der Waals surface area contributed by atoms with Gasteiger partial charge in [0.1, 0.15) is 11.6 Å².